The van der Waals surface area contributed by atoms with Gasteiger partial charge >= 0.3 is 0 Å². The predicted octanol–water partition coefficient (Wildman–Crippen LogP) is 3.74. The zero-order chi connectivity index (χ0) is 11.4. The van der Waals surface area contributed by atoms with Gasteiger partial charge in [0.25, 0.3) is 0 Å². The zero-order valence-corrected chi connectivity index (χ0v) is 10.6. The van der Waals surface area contributed by atoms with Gasteiger partial charge in [0.2, 0.25) is 0 Å². The number of rotatable bonds is 5. The quantitative estimate of drug-likeness (QED) is 0.812. The second kappa shape index (κ2) is 5.60. The van der Waals surface area contributed by atoms with Gasteiger partial charge < -0.3 is 5.32 Å². The second-order valence-electron chi connectivity index (χ2n) is 4.09. The molecule has 0 radical (unpaired) electrons. The fourth-order valence-electron chi connectivity index (χ4n) is 1.51. The molecule has 1 aromatic carbocycles. The summed E-state index contributed by atoms with van der Waals surface area (Å²) in [5.74, 6) is -0.172. The Morgan fingerprint density at radius 2 is 2.25 bits per heavy atom. The summed E-state index contributed by atoms with van der Waals surface area (Å²) in [6, 6.07) is 5.73. The van der Waals surface area contributed by atoms with E-state index >= 15 is 0 Å². The number of hydrogen-bond acceptors (Lipinski definition) is 1. The SMILES string of the molecule is Fc1ccc(Br)cc1C=CCCNC1CC1. The van der Waals surface area contributed by atoms with Crippen molar-refractivity contribution in [2.45, 2.75) is 25.3 Å². The highest BCUT2D eigenvalue weighted by Gasteiger charge is 2.19. The first-order chi connectivity index (χ1) is 7.75. The maximum Gasteiger partial charge on any atom is 0.130 e. The van der Waals surface area contributed by atoms with Crippen LogP contribution in [0.4, 0.5) is 4.39 Å². The molecule has 1 N–H and O–H groups in total. The summed E-state index contributed by atoms with van der Waals surface area (Å²) in [5.41, 5.74) is 0.640. The normalized spacial score (nSPS) is 15.9. The third-order valence-corrected chi connectivity index (χ3v) is 3.07. The molecule has 0 bridgehead atoms. The fourth-order valence-corrected chi connectivity index (χ4v) is 1.89. The summed E-state index contributed by atoms with van der Waals surface area (Å²) in [7, 11) is 0. The molecule has 1 aromatic rings. The highest BCUT2D eigenvalue weighted by molar-refractivity contribution is 9.10. The third kappa shape index (κ3) is 3.72. The van der Waals surface area contributed by atoms with E-state index in [1.54, 1.807) is 12.1 Å². The average molecular weight is 284 g/mol. The van der Waals surface area contributed by atoms with Crippen molar-refractivity contribution in [3.8, 4) is 0 Å². The van der Waals surface area contributed by atoms with Crippen molar-refractivity contribution in [3.63, 3.8) is 0 Å². The molecule has 1 saturated carbocycles. The number of halogens is 2. The van der Waals surface area contributed by atoms with Crippen molar-refractivity contribution in [1.82, 2.24) is 5.32 Å². The van der Waals surface area contributed by atoms with Crippen LogP contribution in [0.5, 0.6) is 0 Å². The summed E-state index contributed by atoms with van der Waals surface area (Å²) in [6.45, 7) is 0.983. The van der Waals surface area contributed by atoms with E-state index in [-0.39, 0.29) is 5.82 Å². The molecule has 0 saturated heterocycles. The Morgan fingerprint density at radius 1 is 1.44 bits per heavy atom. The Labute approximate surface area is 104 Å². The maximum atomic E-state index is 13.3. The Bertz CT molecular complexity index is 386. The number of benzene rings is 1. The van der Waals surface area contributed by atoms with Crippen molar-refractivity contribution >= 4 is 22.0 Å². The van der Waals surface area contributed by atoms with Crippen LogP contribution in [0.15, 0.2) is 28.7 Å². The first kappa shape index (κ1) is 11.8. The molecule has 0 atom stereocenters. The van der Waals surface area contributed by atoms with Gasteiger partial charge in [-0.2, -0.15) is 0 Å². The largest absolute Gasteiger partial charge is 0.314 e. The van der Waals surface area contributed by atoms with Crippen LogP contribution >= 0.6 is 15.9 Å². The molecule has 0 spiro atoms. The van der Waals surface area contributed by atoms with Gasteiger partial charge in [0.05, 0.1) is 0 Å². The summed E-state index contributed by atoms with van der Waals surface area (Å²) in [5, 5.41) is 3.41. The molecule has 86 valence electrons. The first-order valence-electron chi connectivity index (χ1n) is 5.60. The third-order valence-electron chi connectivity index (χ3n) is 2.58. The minimum Gasteiger partial charge on any atom is -0.314 e. The molecule has 1 aliphatic rings. The lowest BCUT2D eigenvalue weighted by atomic mass is 10.2. The summed E-state index contributed by atoms with van der Waals surface area (Å²) in [6.07, 6.45) is 7.42. The van der Waals surface area contributed by atoms with Crippen LogP contribution in [-0.4, -0.2) is 12.6 Å². The topological polar surface area (TPSA) is 12.0 Å². The van der Waals surface area contributed by atoms with Crippen LogP contribution in [0.3, 0.4) is 0 Å². The van der Waals surface area contributed by atoms with Crippen LogP contribution in [0.1, 0.15) is 24.8 Å². The van der Waals surface area contributed by atoms with Crippen LogP contribution < -0.4 is 5.32 Å². The van der Waals surface area contributed by atoms with E-state index in [0.717, 1.165) is 23.5 Å². The summed E-state index contributed by atoms with van der Waals surface area (Å²) >= 11 is 3.33. The molecule has 1 nitrogen and oxygen atoms in total. The van der Waals surface area contributed by atoms with Gasteiger partial charge in [0.1, 0.15) is 5.82 Å². The molecule has 0 aromatic heterocycles. The Morgan fingerprint density at radius 3 is 3.00 bits per heavy atom. The average Bonchev–Trinajstić information content (AvgIpc) is 3.06. The van der Waals surface area contributed by atoms with Crippen LogP contribution in [-0.2, 0) is 0 Å². The lowest BCUT2D eigenvalue weighted by molar-refractivity contribution is 0.624. The Kier molecular flexibility index (Phi) is 4.13. The number of hydrogen-bond donors (Lipinski definition) is 1. The predicted molar refractivity (Wildman–Crippen MR) is 68.8 cm³/mol. The Hall–Kier alpha value is -0.670. The molecule has 16 heavy (non-hydrogen) atoms. The molecular formula is C13H15BrFN. The minimum absolute atomic E-state index is 0.172. The van der Waals surface area contributed by atoms with Gasteiger partial charge in [-0.15, -0.1) is 0 Å². The van der Waals surface area contributed by atoms with Gasteiger partial charge in [-0.25, -0.2) is 4.39 Å². The maximum absolute atomic E-state index is 13.3. The molecule has 1 fully saturated rings. The van der Waals surface area contributed by atoms with Crippen LogP contribution in [0.2, 0.25) is 0 Å². The summed E-state index contributed by atoms with van der Waals surface area (Å²) < 4.78 is 14.2. The van der Waals surface area contributed by atoms with Crippen molar-refractivity contribution in [1.29, 1.82) is 0 Å². The molecular weight excluding hydrogens is 269 g/mol. The van der Waals surface area contributed by atoms with Crippen molar-refractivity contribution < 1.29 is 4.39 Å². The van der Waals surface area contributed by atoms with Gasteiger partial charge in [-0.05, 0) is 44.0 Å². The molecule has 3 heteroatoms. The van der Waals surface area contributed by atoms with Gasteiger partial charge in [-0.3, -0.25) is 0 Å². The zero-order valence-electron chi connectivity index (χ0n) is 9.05. The molecule has 2 rings (SSSR count). The van der Waals surface area contributed by atoms with Crippen molar-refractivity contribution in [2.24, 2.45) is 0 Å². The van der Waals surface area contributed by atoms with Crippen LogP contribution in [0, 0.1) is 5.82 Å². The molecule has 0 heterocycles. The van der Waals surface area contributed by atoms with Gasteiger partial charge in [0.15, 0.2) is 0 Å². The van der Waals surface area contributed by atoms with Gasteiger partial charge in [0, 0.05) is 16.1 Å². The van der Waals surface area contributed by atoms with Crippen LogP contribution in [0.25, 0.3) is 6.08 Å². The Balaban J connectivity index is 1.81. The minimum atomic E-state index is -0.172. The van der Waals surface area contributed by atoms with E-state index in [9.17, 15) is 4.39 Å². The molecule has 1 aliphatic carbocycles. The monoisotopic (exact) mass is 283 g/mol. The fraction of sp³-hybridized carbons (Fsp3) is 0.385. The summed E-state index contributed by atoms with van der Waals surface area (Å²) in [4.78, 5) is 0. The lowest BCUT2D eigenvalue weighted by Crippen LogP contribution is -2.16. The van der Waals surface area contributed by atoms with E-state index in [2.05, 4.69) is 21.2 Å². The van der Waals surface area contributed by atoms with Gasteiger partial charge in [-0.1, -0.05) is 28.1 Å². The van der Waals surface area contributed by atoms with Crippen molar-refractivity contribution in [2.75, 3.05) is 6.54 Å². The highest BCUT2D eigenvalue weighted by atomic mass is 79.9. The van der Waals surface area contributed by atoms with E-state index in [1.165, 1.54) is 18.9 Å². The number of nitrogens with one attached hydrogen (secondary N) is 1. The first-order valence-corrected chi connectivity index (χ1v) is 6.40. The molecule has 0 aliphatic heterocycles. The smallest absolute Gasteiger partial charge is 0.130 e. The van der Waals surface area contributed by atoms with E-state index in [4.69, 9.17) is 0 Å². The van der Waals surface area contributed by atoms with E-state index in [1.807, 2.05) is 12.2 Å². The molecule has 0 amide bonds. The standard InChI is InChI=1S/C13H15BrFN/c14-11-4-7-13(15)10(9-11)3-1-2-8-16-12-5-6-12/h1,3-4,7,9,12,16H,2,5-6,8H2. The highest BCUT2D eigenvalue weighted by Crippen LogP contribution is 2.19. The lowest BCUT2D eigenvalue weighted by Gasteiger charge is -1.99. The van der Waals surface area contributed by atoms with E-state index < -0.39 is 0 Å². The molecule has 0 unspecified atom stereocenters. The second-order valence-corrected chi connectivity index (χ2v) is 5.00. The van der Waals surface area contributed by atoms with E-state index in [0.29, 0.717) is 5.56 Å². The van der Waals surface area contributed by atoms with Crippen molar-refractivity contribution in [3.05, 3.63) is 40.1 Å².